The van der Waals surface area contributed by atoms with Crippen molar-refractivity contribution in [2.75, 3.05) is 19.1 Å². The number of alkyl halides is 1. The van der Waals surface area contributed by atoms with E-state index < -0.39 is 0 Å². The Hall–Kier alpha value is -0.240. The molecule has 1 aliphatic rings. The Labute approximate surface area is 107 Å². The summed E-state index contributed by atoms with van der Waals surface area (Å²) in [6.07, 6.45) is 3.09. The van der Waals surface area contributed by atoms with Crippen molar-refractivity contribution in [2.45, 2.75) is 19.3 Å². The molecule has 1 fully saturated rings. The van der Waals surface area contributed by atoms with Crippen LogP contribution >= 0.6 is 23.2 Å². The van der Waals surface area contributed by atoms with E-state index in [0.29, 0.717) is 5.88 Å². The van der Waals surface area contributed by atoms with Crippen molar-refractivity contribution in [1.82, 2.24) is 0 Å². The summed E-state index contributed by atoms with van der Waals surface area (Å²) in [5.41, 5.74) is 1.47. The number of rotatable bonds is 3. The van der Waals surface area contributed by atoms with Gasteiger partial charge in [-0.25, -0.2) is 0 Å². The summed E-state index contributed by atoms with van der Waals surface area (Å²) in [5.74, 6) is 0.697. The van der Waals surface area contributed by atoms with E-state index in [1.807, 2.05) is 18.2 Å². The molecule has 0 amide bonds. The van der Waals surface area contributed by atoms with E-state index in [1.54, 1.807) is 0 Å². The van der Waals surface area contributed by atoms with Crippen LogP contribution < -0.4 is 0 Å². The minimum atomic E-state index is 0.199. The first-order valence-electron chi connectivity index (χ1n) is 5.62. The maximum Gasteiger partial charge on any atom is 0.0471 e. The highest BCUT2D eigenvalue weighted by Crippen LogP contribution is 2.35. The number of halogens is 2. The highest BCUT2D eigenvalue weighted by molar-refractivity contribution is 6.30. The number of hydrogen-bond acceptors (Lipinski definition) is 1. The van der Waals surface area contributed by atoms with Crippen LogP contribution in [0.15, 0.2) is 24.3 Å². The fourth-order valence-electron chi connectivity index (χ4n) is 2.24. The molecule has 1 nitrogen and oxygen atoms in total. The minimum absolute atomic E-state index is 0.199. The predicted molar refractivity (Wildman–Crippen MR) is 68.4 cm³/mol. The molecule has 0 N–H and O–H groups in total. The van der Waals surface area contributed by atoms with Crippen LogP contribution in [-0.2, 0) is 11.2 Å². The van der Waals surface area contributed by atoms with Crippen LogP contribution in [0.25, 0.3) is 0 Å². The van der Waals surface area contributed by atoms with Gasteiger partial charge in [-0.1, -0.05) is 23.7 Å². The first kappa shape index (κ1) is 12.2. The Bertz CT molecular complexity index is 346. The molecule has 0 atom stereocenters. The predicted octanol–water partition coefficient (Wildman–Crippen LogP) is 3.92. The van der Waals surface area contributed by atoms with E-state index >= 15 is 0 Å². The monoisotopic (exact) mass is 258 g/mol. The third-order valence-electron chi connectivity index (χ3n) is 3.31. The van der Waals surface area contributed by atoms with E-state index in [4.69, 9.17) is 27.9 Å². The lowest BCUT2D eigenvalue weighted by Gasteiger charge is -2.35. The fourth-order valence-corrected chi connectivity index (χ4v) is 2.82. The lowest BCUT2D eigenvalue weighted by Crippen LogP contribution is -2.33. The number of hydrogen-bond donors (Lipinski definition) is 0. The third kappa shape index (κ3) is 2.91. The number of benzene rings is 1. The Morgan fingerprint density at radius 1 is 1.25 bits per heavy atom. The van der Waals surface area contributed by atoms with E-state index in [2.05, 4.69) is 6.07 Å². The summed E-state index contributed by atoms with van der Waals surface area (Å²) >= 11 is 12.1. The van der Waals surface area contributed by atoms with Crippen LogP contribution in [0.2, 0.25) is 5.02 Å². The summed E-state index contributed by atoms with van der Waals surface area (Å²) in [7, 11) is 0. The van der Waals surface area contributed by atoms with E-state index in [1.165, 1.54) is 5.56 Å². The molecule has 0 spiro atoms. The van der Waals surface area contributed by atoms with Crippen LogP contribution in [0, 0.1) is 5.41 Å². The van der Waals surface area contributed by atoms with Crippen molar-refractivity contribution in [3.05, 3.63) is 34.9 Å². The second kappa shape index (κ2) is 5.39. The van der Waals surface area contributed by atoms with Gasteiger partial charge in [0.05, 0.1) is 0 Å². The van der Waals surface area contributed by atoms with Gasteiger partial charge in [-0.2, -0.15) is 0 Å². The molecule has 0 bridgehead atoms. The standard InChI is InChI=1S/C13H16Cl2O/c14-10-13(4-6-16-7-5-13)9-11-2-1-3-12(15)8-11/h1-3,8H,4-7,9-10H2. The maximum absolute atomic E-state index is 6.14. The summed E-state index contributed by atoms with van der Waals surface area (Å²) in [5, 5.41) is 0.800. The quantitative estimate of drug-likeness (QED) is 0.747. The molecule has 1 heterocycles. The van der Waals surface area contributed by atoms with Crippen molar-refractivity contribution in [3.8, 4) is 0 Å². The van der Waals surface area contributed by atoms with Crippen LogP contribution in [0.1, 0.15) is 18.4 Å². The average Bonchev–Trinajstić information content (AvgIpc) is 2.30. The summed E-state index contributed by atoms with van der Waals surface area (Å²) < 4.78 is 5.40. The molecule has 1 aromatic carbocycles. The zero-order valence-corrected chi connectivity index (χ0v) is 10.7. The molecule has 1 aromatic rings. The Kier molecular flexibility index (Phi) is 4.12. The molecule has 0 aromatic heterocycles. The fraction of sp³-hybridized carbons (Fsp3) is 0.538. The van der Waals surface area contributed by atoms with Gasteiger partial charge in [0.1, 0.15) is 0 Å². The largest absolute Gasteiger partial charge is 0.381 e. The number of ether oxygens (including phenoxy) is 1. The average molecular weight is 259 g/mol. The molecule has 0 unspecified atom stereocenters. The molecule has 0 radical (unpaired) electrons. The van der Waals surface area contributed by atoms with Gasteiger partial charge in [-0.15, -0.1) is 11.6 Å². The SMILES string of the molecule is ClCC1(Cc2cccc(Cl)c2)CCOCC1. The molecule has 16 heavy (non-hydrogen) atoms. The van der Waals surface area contributed by atoms with Gasteiger partial charge in [0.25, 0.3) is 0 Å². The second-order valence-corrected chi connectivity index (χ2v) is 5.26. The van der Waals surface area contributed by atoms with Crippen LogP contribution in [-0.4, -0.2) is 19.1 Å². The van der Waals surface area contributed by atoms with Crippen LogP contribution in [0.4, 0.5) is 0 Å². The normalized spacial score (nSPS) is 19.6. The summed E-state index contributed by atoms with van der Waals surface area (Å²) in [6, 6.07) is 8.06. The first-order chi connectivity index (χ1) is 7.74. The van der Waals surface area contributed by atoms with Gasteiger partial charge in [0.15, 0.2) is 0 Å². The van der Waals surface area contributed by atoms with Gasteiger partial charge in [-0.05, 0) is 42.4 Å². The molecular formula is C13H16Cl2O. The van der Waals surface area contributed by atoms with E-state index in [-0.39, 0.29) is 5.41 Å². The van der Waals surface area contributed by atoms with Crippen molar-refractivity contribution in [1.29, 1.82) is 0 Å². The third-order valence-corrected chi connectivity index (χ3v) is 4.11. The van der Waals surface area contributed by atoms with Gasteiger partial charge >= 0.3 is 0 Å². The maximum atomic E-state index is 6.14. The van der Waals surface area contributed by atoms with Crippen LogP contribution in [0.5, 0.6) is 0 Å². The molecule has 0 saturated carbocycles. The van der Waals surface area contributed by atoms with Gasteiger partial charge in [0.2, 0.25) is 0 Å². The molecule has 1 saturated heterocycles. The molecule has 1 aliphatic heterocycles. The lowest BCUT2D eigenvalue weighted by atomic mass is 9.77. The van der Waals surface area contributed by atoms with Gasteiger partial charge < -0.3 is 4.74 Å². The Morgan fingerprint density at radius 2 is 2.00 bits per heavy atom. The lowest BCUT2D eigenvalue weighted by molar-refractivity contribution is 0.0258. The van der Waals surface area contributed by atoms with Crippen LogP contribution in [0.3, 0.4) is 0 Å². The van der Waals surface area contributed by atoms with Gasteiger partial charge in [0, 0.05) is 24.1 Å². The van der Waals surface area contributed by atoms with Crippen molar-refractivity contribution in [3.63, 3.8) is 0 Å². The molecule has 3 heteroatoms. The molecule has 0 aliphatic carbocycles. The topological polar surface area (TPSA) is 9.23 Å². The van der Waals surface area contributed by atoms with Crippen molar-refractivity contribution >= 4 is 23.2 Å². The van der Waals surface area contributed by atoms with E-state index in [0.717, 1.165) is 37.5 Å². The molecular weight excluding hydrogens is 243 g/mol. The van der Waals surface area contributed by atoms with E-state index in [9.17, 15) is 0 Å². The second-order valence-electron chi connectivity index (χ2n) is 4.55. The Morgan fingerprint density at radius 3 is 2.62 bits per heavy atom. The first-order valence-corrected chi connectivity index (χ1v) is 6.54. The minimum Gasteiger partial charge on any atom is -0.381 e. The smallest absolute Gasteiger partial charge is 0.0471 e. The highest BCUT2D eigenvalue weighted by Gasteiger charge is 2.31. The van der Waals surface area contributed by atoms with Crippen molar-refractivity contribution < 1.29 is 4.74 Å². The summed E-state index contributed by atoms with van der Waals surface area (Å²) in [6.45, 7) is 1.65. The molecule has 2 rings (SSSR count). The molecule has 88 valence electrons. The Balaban J connectivity index is 2.11. The van der Waals surface area contributed by atoms with Crippen molar-refractivity contribution in [2.24, 2.45) is 5.41 Å². The zero-order chi connectivity index (χ0) is 11.4. The summed E-state index contributed by atoms with van der Waals surface area (Å²) in [4.78, 5) is 0. The zero-order valence-electron chi connectivity index (χ0n) is 9.22. The van der Waals surface area contributed by atoms with Gasteiger partial charge in [-0.3, -0.25) is 0 Å². The highest BCUT2D eigenvalue weighted by atomic mass is 35.5.